The largest absolute Gasteiger partial charge is 0.390 e. The second-order valence-electron chi connectivity index (χ2n) is 37.5. The second-order valence-corrected chi connectivity index (χ2v) is 37.5. The number of Topliss-reactive ketones (excluding diaryl/α,β-unsaturated/α-hetero) is 3. The summed E-state index contributed by atoms with van der Waals surface area (Å²) < 4.78 is 0. The lowest BCUT2D eigenvalue weighted by Crippen LogP contribution is -2.52. The number of rotatable bonds is 9. The molecule has 3 saturated heterocycles. The van der Waals surface area contributed by atoms with Crippen LogP contribution in [0.2, 0.25) is 0 Å². The number of hydrogen-bond donors (Lipinski definition) is 3. The minimum Gasteiger partial charge on any atom is -0.390 e. The number of aliphatic hydroxyl groups is 3. The van der Waals surface area contributed by atoms with Gasteiger partial charge in [-0.1, -0.05) is 34.1 Å². The lowest BCUT2D eigenvalue weighted by Gasteiger charge is -2.57. The normalized spacial score (nSPS) is 49.6. The van der Waals surface area contributed by atoms with Gasteiger partial charge in [0.1, 0.15) is 17.3 Å². The SMILES string of the molecule is CC(=O)N1CCN(CC(=O)[C@H]2CC[C@H]3[C@@H]4CC[C@H]5C[C@](C)(O)CC[C@@H]5[C@H]4CC[C@]23C)CC1.CC1CCCN(CC(=O)[C@H]2CC[C@H]3[C@@H]4CC[C@@H]5C[C@](C)(O)CC[C@@H]5[C@H]4CC[C@]23C)C1.C[C@@]1(O)CC[C@H]2[C@H](CC[C@@H]3[C@@H]2CC[C@]2(C)[C@@H](C(=O)CN4CCCCC4)CC[C@@H]32)C1. The van der Waals surface area contributed by atoms with Crippen molar-refractivity contribution in [2.24, 2.45) is 129 Å². The maximum atomic E-state index is 13.5. The van der Waals surface area contributed by atoms with E-state index in [4.69, 9.17) is 0 Å². The van der Waals surface area contributed by atoms with E-state index in [9.17, 15) is 34.5 Å². The predicted octanol–water partition coefficient (Wildman–Crippen LogP) is 14.1. The maximum absolute atomic E-state index is 13.5. The van der Waals surface area contributed by atoms with Crippen molar-refractivity contribution >= 4 is 23.3 Å². The van der Waals surface area contributed by atoms with Crippen LogP contribution in [-0.2, 0) is 19.2 Å². The van der Waals surface area contributed by atoms with Gasteiger partial charge in [-0.3, -0.25) is 33.9 Å². The maximum Gasteiger partial charge on any atom is 0.219 e. The fraction of sp³-hybridized carbons (Fsp3) is 0.950. The van der Waals surface area contributed by atoms with Crippen LogP contribution in [0, 0.1) is 129 Å². The Morgan fingerprint density at radius 1 is 0.352 bits per heavy atom. The van der Waals surface area contributed by atoms with Crippen molar-refractivity contribution in [3.8, 4) is 0 Å². The molecule has 12 aliphatic carbocycles. The van der Waals surface area contributed by atoms with Crippen LogP contribution >= 0.6 is 0 Å². The predicted molar refractivity (Wildman–Crippen MR) is 363 cm³/mol. The Hall–Kier alpha value is -1.76. The minimum absolute atomic E-state index is 0.148. The molecule has 11 nitrogen and oxygen atoms in total. The van der Waals surface area contributed by atoms with E-state index in [0.717, 1.165) is 205 Å². The summed E-state index contributed by atoms with van der Waals surface area (Å²) in [5, 5.41) is 31.8. The molecule has 15 aliphatic rings. The van der Waals surface area contributed by atoms with Gasteiger partial charge in [0.25, 0.3) is 0 Å². The van der Waals surface area contributed by atoms with Crippen LogP contribution in [0.5, 0.6) is 0 Å². The molecule has 514 valence electrons. The van der Waals surface area contributed by atoms with Crippen LogP contribution in [0.4, 0.5) is 0 Å². The zero-order chi connectivity index (χ0) is 64.0. The van der Waals surface area contributed by atoms with Crippen molar-refractivity contribution in [1.82, 2.24) is 19.6 Å². The number of piperidine rings is 2. The highest BCUT2D eigenvalue weighted by atomic mass is 16.3. The molecule has 0 aromatic carbocycles. The molecule has 11 heteroatoms. The monoisotopic (exact) mass is 1260 g/mol. The van der Waals surface area contributed by atoms with E-state index < -0.39 is 16.8 Å². The fourth-order valence-corrected chi connectivity index (χ4v) is 27.6. The summed E-state index contributed by atoms with van der Waals surface area (Å²) in [5.41, 5.74) is -0.581. The van der Waals surface area contributed by atoms with Gasteiger partial charge in [0.2, 0.25) is 5.91 Å². The molecule has 0 spiro atoms. The molecule has 1 amide bonds. The quantitative estimate of drug-likeness (QED) is 0.204. The highest BCUT2D eigenvalue weighted by Gasteiger charge is 2.62. The van der Waals surface area contributed by atoms with Crippen molar-refractivity contribution in [2.45, 2.75) is 278 Å². The second kappa shape index (κ2) is 26.8. The van der Waals surface area contributed by atoms with E-state index in [-0.39, 0.29) is 28.1 Å². The molecule has 1 unspecified atom stereocenters. The van der Waals surface area contributed by atoms with Crippen molar-refractivity contribution < 1.29 is 34.5 Å². The van der Waals surface area contributed by atoms with Crippen LogP contribution in [0.1, 0.15) is 261 Å². The highest BCUT2D eigenvalue weighted by Crippen LogP contribution is 2.68. The smallest absolute Gasteiger partial charge is 0.219 e. The van der Waals surface area contributed by atoms with E-state index >= 15 is 0 Å². The van der Waals surface area contributed by atoms with Gasteiger partial charge in [0, 0.05) is 57.4 Å². The van der Waals surface area contributed by atoms with Gasteiger partial charge < -0.3 is 20.2 Å². The Kier molecular flexibility index (Phi) is 20.0. The number of likely N-dealkylation sites (tertiary alicyclic amines) is 2. The van der Waals surface area contributed by atoms with Crippen LogP contribution in [-0.4, -0.2) is 147 Å². The van der Waals surface area contributed by atoms with Crippen LogP contribution in [0.3, 0.4) is 0 Å². The van der Waals surface area contributed by atoms with Crippen LogP contribution in [0.15, 0.2) is 0 Å². The first-order chi connectivity index (χ1) is 43.3. The van der Waals surface area contributed by atoms with Crippen LogP contribution in [0.25, 0.3) is 0 Å². The van der Waals surface area contributed by atoms with Gasteiger partial charge >= 0.3 is 0 Å². The summed E-state index contributed by atoms with van der Waals surface area (Å²) >= 11 is 0. The van der Waals surface area contributed by atoms with Gasteiger partial charge in [-0.2, -0.15) is 0 Å². The highest BCUT2D eigenvalue weighted by molar-refractivity contribution is 5.85. The molecule has 15 fully saturated rings. The molecule has 15 rings (SSSR count). The molecule has 0 aromatic rings. The molecule has 3 N–H and O–H groups in total. The zero-order valence-corrected chi connectivity index (χ0v) is 59.1. The average molecular weight is 1260 g/mol. The molecule has 0 bridgehead atoms. The standard InChI is InChI=1S/C27H44N2O3.C27H45NO2.C26H43NO2/c1-18(30)29-14-12-28(13-15-29)17-25(31)24-7-6-23-22-5-4-19-16-26(2,32)10-8-20(19)21(22)9-11-27(23,24)3;1-18-5-4-14-28(16-18)17-25(29)24-9-8-23-22-7-6-19-15-26(2,30)12-10-20(19)21(22)11-13-27(23,24)3;1-25(29)12-10-19-18(16-25)6-7-21-20(19)11-13-26(2)22(21)8-9-23(26)24(28)17-27-14-4-3-5-15-27/h19-24,32H,4-17H2,1-3H3;18-24,30H,4-17H2,1-3H3;18-23,29H,3-17H2,1-2H3/t19-,20-,21+,22+,23-,24+,26+,27-;18?,19-,20+,21-,22-,23+,24-,26-,27+;18-,19+,20-,21-,22+,23-,25-,26+/m011/s1. The van der Waals surface area contributed by atoms with E-state index in [1.165, 1.54) is 148 Å². The molecule has 0 aromatic heterocycles. The third kappa shape index (κ3) is 13.7. The summed E-state index contributed by atoms with van der Waals surface area (Å²) in [6, 6.07) is 0. The zero-order valence-electron chi connectivity index (χ0n) is 59.1. The summed E-state index contributed by atoms with van der Waals surface area (Å²) in [4.78, 5) is 61.0. The van der Waals surface area contributed by atoms with Gasteiger partial charge in [0.05, 0.1) is 36.4 Å². The van der Waals surface area contributed by atoms with Crippen molar-refractivity contribution in [3.05, 3.63) is 0 Å². The van der Waals surface area contributed by atoms with Gasteiger partial charge in [-0.15, -0.1) is 0 Å². The lowest BCUT2D eigenvalue weighted by molar-refractivity contribution is -0.135. The fourth-order valence-electron chi connectivity index (χ4n) is 27.6. The third-order valence-electron chi connectivity index (χ3n) is 32.0. The third-order valence-corrected chi connectivity index (χ3v) is 32.0. The average Bonchev–Trinajstić information content (AvgIpc) is 1.69. The Labute approximate surface area is 553 Å². The first-order valence-corrected chi connectivity index (χ1v) is 39.5. The number of amides is 1. The van der Waals surface area contributed by atoms with Crippen LogP contribution < -0.4 is 0 Å². The summed E-state index contributed by atoms with van der Waals surface area (Å²) in [7, 11) is 0. The van der Waals surface area contributed by atoms with E-state index in [0.29, 0.717) is 48.2 Å². The number of nitrogens with zero attached hydrogens (tertiary/aromatic N) is 4. The Morgan fingerprint density at radius 2 is 0.692 bits per heavy atom. The molecule has 12 saturated carbocycles. The van der Waals surface area contributed by atoms with Gasteiger partial charge in [0.15, 0.2) is 0 Å². The molecule has 25 atom stereocenters. The molecule has 3 aliphatic heterocycles. The minimum atomic E-state index is -0.446. The summed E-state index contributed by atoms with van der Waals surface area (Å²) in [6.07, 6.45) is 39.1. The topological polar surface area (TPSA) is 142 Å². The Balaban J connectivity index is 0.000000125. The Morgan fingerprint density at radius 3 is 1.05 bits per heavy atom. The molecule has 0 radical (unpaired) electrons. The van der Waals surface area contributed by atoms with E-state index in [2.05, 4.69) is 56.2 Å². The molecular weight excluding hydrogens is 1130 g/mol. The van der Waals surface area contributed by atoms with E-state index in [1.807, 2.05) is 11.8 Å². The number of piperazine rings is 1. The summed E-state index contributed by atoms with van der Waals surface area (Å²) in [5.74, 6) is 15.4. The van der Waals surface area contributed by atoms with Crippen molar-refractivity contribution in [1.29, 1.82) is 0 Å². The number of carbonyl (C=O) groups is 4. The number of fused-ring (bicyclic) bond motifs is 15. The lowest BCUT2D eigenvalue weighted by atomic mass is 9.49. The van der Waals surface area contributed by atoms with Crippen molar-refractivity contribution in [2.75, 3.05) is 72.0 Å². The molecule has 3 heterocycles. The molecular formula is C80H132N4O7. The number of hydrogen-bond acceptors (Lipinski definition) is 10. The van der Waals surface area contributed by atoms with Crippen molar-refractivity contribution in [3.63, 3.8) is 0 Å². The van der Waals surface area contributed by atoms with E-state index in [1.54, 1.807) is 6.92 Å². The van der Waals surface area contributed by atoms with Gasteiger partial charge in [-0.25, -0.2) is 0 Å². The van der Waals surface area contributed by atoms with Gasteiger partial charge in [-0.05, 0) is 350 Å². The first-order valence-electron chi connectivity index (χ1n) is 39.5. The number of ketones is 3. The summed E-state index contributed by atoms with van der Waals surface area (Å²) in [6.45, 7) is 27.3. The first kappa shape index (κ1) is 67.8. The number of carbonyl (C=O) groups excluding carboxylic acids is 4. The molecule has 91 heavy (non-hydrogen) atoms. The Bertz CT molecular complexity index is 2570.